The molecule has 0 saturated carbocycles. The van der Waals surface area contributed by atoms with Crippen LogP contribution in [0.25, 0.3) is 0 Å². The summed E-state index contributed by atoms with van der Waals surface area (Å²) in [4.78, 5) is 16.5. The molecule has 3 aliphatic heterocycles. The Hall–Kier alpha value is -1.75. The van der Waals surface area contributed by atoms with Gasteiger partial charge in [-0.1, -0.05) is 18.2 Å². The lowest BCUT2D eigenvalue weighted by atomic mass is 9.82. The van der Waals surface area contributed by atoms with Gasteiger partial charge in [-0.3, -0.25) is 0 Å². The standard InChI is InChI=1S/C18H25N3O2/c1-20(13-5-3-2-4-6-13)10-9-19-18(22)21-11-14-15(12-21)17-8-7-16(14)23-17/h2-6,14-17H,7-12H2,1H3,(H,19,22)/t14-,15-,16+,17+/m0/s1. The monoisotopic (exact) mass is 315 g/mol. The fourth-order valence-corrected chi connectivity index (χ4v) is 4.38. The maximum Gasteiger partial charge on any atom is 0.317 e. The van der Waals surface area contributed by atoms with Crippen molar-refractivity contribution in [2.24, 2.45) is 11.8 Å². The quantitative estimate of drug-likeness (QED) is 0.923. The van der Waals surface area contributed by atoms with Crippen molar-refractivity contribution in [3.63, 3.8) is 0 Å². The van der Waals surface area contributed by atoms with Crippen LogP contribution in [0.1, 0.15) is 12.8 Å². The Labute approximate surface area is 137 Å². The molecule has 1 N–H and O–H groups in total. The van der Waals surface area contributed by atoms with Crippen LogP contribution in [0.5, 0.6) is 0 Å². The van der Waals surface area contributed by atoms with Crippen LogP contribution in [0, 0.1) is 11.8 Å². The van der Waals surface area contributed by atoms with E-state index in [-0.39, 0.29) is 6.03 Å². The Balaban J connectivity index is 1.24. The highest BCUT2D eigenvalue weighted by molar-refractivity contribution is 5.74. The maximum atomic E-state index is 12.4. The highest BCUT2D eigenvalue weighted by Crippen LogP contribution is 2.47. The Morgan fingerprint density at radius 1 is 1.22 bits per heavy atom. The molecule has 3 aliphatic rings. The van der Waals surface area contributed by atoms with Gasteiger partial charge in [0.05, 0.1) is 12.2 Å². The summed E-state index contributed by atoms with van der Waals surface area (Å²) in [5.41, 5.74) is 1.17. The molecule has 0 spiro atoms. The first-order valence-electron chi connectivity index (χ1n) is 8.67. The van der Waals surface area contributed by atoms with Gasteiger partial charge in [0.15, 0.2) is 0 Å². The SMILES string of the molecule is CN(CCNC(=O)N1C[C@H]2[C@H](C1)[C@H]1CC[C@H]2O1)c1ccccc1. The van der Waals surface area contributed by atoms with Crippen LogP contribution >= 0.6 is 0 Å². The van der Waals surface area contributed by atoms with Crippen LogP contribution in [0.3, 0.4) is 0 Å². The van der Waals surface area contributed by atoms with Crippen molar-refractivity contribution in [1.29, 1.82) is 0 Å². The summed E-state index contributed by atoms with van der Waals surface area (Å²) in [7, 11) is 2.05. The third-order valence-corrected chi connectivity index (χ3v) is 5.66. The number of carbonyl (C=O) groups is 1. The van der Waals surface area contributed by atoms with E-state index in [1.54, 1.807) is 0 Å². The van der Waals surface area contributed by atoms with Crippen molar-refractivity contribution in [2.75, 3.05) is 38.1 Å². The molecule has 3 fully saturated rings. The molecular weight excluding hydrogens is 290 g/mol. The van der Waals surface area contributed by atoms with E-state index in [9.17, 15) is 4.79 Å². The fourth-order valence-electron chi connectivity index (χ4n) is 4.38. The average Bonchev–Trinajstić information content (AvgIpc) is 3.28. The summed E-state index contributed by atoms with van der Waals surface area (Å²) >= 11 is 0. The molecule has 4 rings (SSSR count). The number of nitrogens with one attached hydrogen (secondary N) is 1. The smallest absolute Gasteiger partial charge is 0.317 e. The van der Waals surface area contributed by atoms with Gasteiger partial charge in [0.1, 0.15) is 0 Å². The number of para-hydroxylation sites is 1. The summed E-state index contributed by atoms with van der Waals surface area (Å²) in [5, 5.41) is 3.07. The van der Waals surface area contributed by atoms with E-state index in [1.807, 2.05) is 23.1 Å². The molecule has 23 heavy (non-hydrogen) atoms. The van der Waals surface area contributed by atoms with E-state index < -0.39 is 0 Å². The van der Waals surface area contributed by atoms with Crippen LogP contribution in [0.4, 0.5) is 10.5 Å². The van der Waals surface area contributed by atoms with Crippen LogP contribution in [0.2, 0.25) is 0 Å². The van der Waals surface area contributed by atoms with Crippen LogP contribution in [-0.2, 0) is 4.74 Å². The third-order valence-electron chi connectivity index (χ3n) is 5.66. The molecule has 4 atom stereocenters. The van der Waals surface area contributed by atoms with E-state index in [1.165, 1.54) is 18.5 Å². The molecule has 2 bridgehead atoms. The summed E-state index contributed by atoms with van der Waals surface area (Å²) in [5.74, 6) is 1.15. The van der Waals surface area contributed by atoms with Gasteiger partial charge in [0.2, 0.25) is 0 Å². The van der Waals surface area contributed by atoms with Gasteiger partial charge in [-0.2, -0.15) is 0 Å². The zero-order chi connectivity index (χ0) is 15.8. The van der Waals surface area contributed by atoms with Gasteiger partial charge in [-0.15, -0.1) is 0 Å². The zero-order valence-corrected chi connectivity index (χ0v) is 13.6. The Morgan fingerprint density at radius 2 is 1.87 bits per heavy atom. The topological polar surface area (TPSA) is 44.8 Å². The second-order valence-electron chi connectivity index (χ2n) is 7.01. The first-order chi connectivity index (χ1) is 11.2. The molecule has 5 nitrogen and oxygen atoms in total. The predicted octanol–water partition coefficient (Wildman–Crippen LogP) is 1.94. The Bertz CT molecular complexity index is 547. The number of rotatable bonds is 4. The first-order valence-corrected chi connectivity index (χ1v) is 8.67. The van der Waals surface area contributed by atoms with Gasteiger partial charge >= 0.3 is 6.03 Å². The van der Waals surface area contributed by atoms with Gasteiger partial charge in [0, 0.05) is 50.7 Å². The lowest BCUT2D eigenvalue weighted by molar-refractivity contribution is 0.0739. The number of fused-ring (bicyclic) bond motifs is 5. The largest absolute Gasteiger partial charge is 0.374 e. The number of likely N-dealkylation sites (N-methyl/N-ethyl adjacent to an activating group) is 1. The molecule has 2 amide bonds. The van der Waals surface area contributed by atoms with Crippen LogP contribution in [-0.4, -0.2) is 56.4 Å². The number of nitrogens with zero attached hydrogens (tertiary/aromatic N) is 2. The second-order valence-corrected chi connectivity index (χ2v) is 7.01. The summed E-state index contributed by atoms with van der Waals surface area (Å²) in [6, 6.07) is 10.3. The highest BCUT2D eigenvalue weighted by atomic mass is 16.5. The van der Waals surface area contributed by atoms with E-state index >= 15 is 0 Å². The van der Waals surface area contributed by atoms with Gasteiger partial charge < -0.3 is 19.9 Å². The molecule has 0 radical (unpaired) electrons. The third kappa shape index (κ3) is 2.78. The number of hydrogen-bond acceptors (Lipinski definition) is 3. The number of ether oxygens (including phenoxy) is 1. The van der Waals surface area contributed by atoms with Crippen molar-refractivity contribution in [1.82, 2.24) is 10.2 Å². The number of benzene rings is 1. The number of amides is 2. The van der Waals surface area contributed by atoms with E-state index in [2.05, 4.69) is 29.4 Å². The molecule has 0 unspecified atom stereocenters. The Morgan fingerprint density at radius 3 is 2.52 bits per heavy atom. The zero-order valence-electron chi connectivity index (χ0n) is 13.6. The van der Waals surface area contributed by atoms with Crippen molar-refractivity contribution in [3.8, 4) is 0 Å². The van der Waals surface area contributed by atoms with Crippen molar-refractivity contribution >= 4 is 11.7 Å². The molecule has 3 heterocycles. The van der Waals surface area contributed by atoms with E-state index in [0.717, 1.165) is 19.6 Å². The van der Waals surface area contributed by atoms with Gasteiger partial charge in [-0.25, -0.2) is 4.79 Å². The molecule has 0 aromatic heterocycles. The second kappa shape index (κ2) is 6.04. The molecule has 3 saturated heterocycles. The van der Waals surface area contributed by atoms with Crippen molar-refractivity contribution in [3.05, 3.63) is 30.3 Å². The van der Waals surface area contributed by atoms with E-state index in [4.69, 9.17) is 4.74 Å². The number of hydrogen-bond donors (Lipinski definition) is 1. The van der Waals surface area contributed by atoms with Gasteiger partial charge in [-0.05, 0) is 25.0 Å². The van der Waals surface area contributed by atoms with Crippen LogP contribution in [0.15, 0.2) is 30.3 Å². The molecule has 5 heteroatoms. The molecular formula is C18H25N3O2. The minimum absolute atomic E-state index is 0.0836. The highest BCUT2D eigenvalue weighted by Gasteiger charge is 2.53. The van der Waals surface area contributed by atoms with Crippen molar-refractivity contribution < 1.29 is 9.53 Å². The number of anilines is 1. The van der Waals surface area contributed by atoms with Gasteiger partial charge in [0.25, 0.3) is 0 Å². The maximum absolute atomic E-state index is 12.4. The van der Waals surface area contributed by atoms with Crippen LogP contribution < -0.4 is 10.2 Å². The number of likely N-dealkylation sites (tertiary alicyclic amines) is 1. The predicted molar refractivity (Wildman–Crippen MR) is 89.6 cm³/mol. The number of carbonyl (C=O) groups excluding carboxylic acids is 1. The summed E-state index contributed by atoms with van der Waals surface area (Å²) in [6.45, 7) is 3.21. The molecule has 0 aliphatic carbocycles. The summed E-state index contributed by atoms with van der Waals surface area (Å²) in [6.07, 6.45) is 3.19. The van der Waals surface area contributed by atoms with Crippen molar-refractivity contribution in [2.45, 2.75) is 25.0 Å². The fraction of sp³-hybridized carbons (Fsp3) is 0.611. The minimum atomic E-state index is 0.0836. The Kier molecular flexibility index (Phi) is 3.89. The lowest BCUT2D eigenvalue weighted by Crippen LogP contribution is -2.42. The lowest BCUT2D eigenvalue weighted by Gasteiger charge is -2.22. The summed E-state index contributed by atoms with van der Waals surface area (Å²) < 4.78 is 5.96. The normalized spacial score (nSPS) is 31.3. The molecule has 1 aromatic rings. The number of urea groups is 1. The first kappa shape index (κ1) is 14.8. The molecule has 1 aromatic carbocycles. The van der Waals surface area contributed by atoms with E-state index in [0.29, 0.717) is 30.6 Å². The average molecular weight is 315 g/mol. The minimum Gasteiger partial charge on any atom is -0.374 e. The molecule has 124 valence electrons.